The van der Waals surface area contributed by atoms with E-state index in [0.29, 0.717) is 5.92 Å². The minimum Gasteiger partial charge on any atom is -0.444 e. The van der Waals surface area contributed by atoms with E-state index in [0.717, 1.165) is 5.69 Å². The number of benzene rings is 1. The highest BCUT2D eigenvalue weighted by Crippen LogP contribution is 2.22. The van der Waals surface area contributed by atoms with Gasteiger partial charge >= 0.3 is 6.09 Å². The Kier molecular flexibility index (Phi) is 5.58. The average Bonchev–Trinajstić information content (AvgIpc) is 2.30. The van der Waals surface area contributed by atoms with Crippen molar-refractivity contribution < 1.29 is 13.9 Å². The van der Waals surface area contributed by atoms with Crippen LogP contribution in [0.4, 0.5) is 20.6 Å². The molecule has 5 heteroatoms. The molecule has 0 aliphatic heterocycles. The van der Waals surface area contributed by atoms with Gasteiger partial charge in [0.15, 0.2) is 0 Å². The van der Waals surface area contributed by atoms with Crippen molar-refractivity contribution in [1.82, 2.24) is 0 Å². The summed E-state index contributed by atoms with van der Waals surface area (Å²) < 4.78 is 18.9. The minimum atomic E-state index is -0.671. The number of carbonyl (C=O) groups excluding carboxylic acids is 1. The van der Waals surface area contributed by atoms with Gasteiger partial charge in [0, 0.05) is 11.7 Å². The van der Waals surface area contributed by atoms with E-state index in [1.54, 1.807) is 32.9 Å². The first kappa shape index (κ1) is 17.3. The smallest absolute Gasteiger partial charge is 0.412 e. The molecule has 1 aromatic rings. The Morgan fingerprint density at radius 2 is 1.86 bits per heavy atom. The van der Waals surface area contributed by atoms with E-state index < -0.39 is 17.5 Å². The molecule has 118 valence electrons. The number of nitrogens with one attached hydrogen (secondary N) is 2. The predicted octanol–water partition coefficient (Wildman–Crippen LogP) is 4.63. The molecule has 21 heavy (non-hydrogen) atoms. The topological polar surface area (TPSA) is 50.4 Å². The van der Waals surface area contributed by atoms with Gasteiger partial charge in [-0.2, -0.15) is 0 Å². The molecule has 0 spiro atoms. The van der Waals surface area contributed by atoms with Gasteiger partial charge in [-0.3, -0.25) is 5.32 Å². The van der Waals surface area contributed by atoms with E-state index in [1.165, 1.54) is 6.07 Å². The molecule has 0 saturated carbocycles. The van der Waals surface area contributed by atoms with Crippen LogP contribution in [0.5, 0.6) is 0 Å². The Bertz CT molecular complexity index is 496. The lowest BCUT2D eigenvalue weighted by atomic mass is 10.1. The Hall–Kier alpha value is -1.78. The van der Waals surface area contributed by atoms with Crippen LogP contribution in [0.3, 0.4) is 0 Å². The molecular weight excluding hydrogens is 271 g/mol. The summed E-state index contributed by atoms with van der Waals surface area (Å²) >= 11 is 0. The molecule has 1 atom stereocenters. The molecule has 0 aliphatic rings. The number of hydrogen-bond donors (Lipinski definition) is 2. The number of anilines is 2. The van der Waals surface area contributed by atoms with E-state index in [9.17, 15) is 9.18 Å². The van der Waals surface area contributed by atoms with Crippen LogP contribution in [0, 0.1) is 11.7 Å². The van der Waals surface area contributed by atoms with Gasteiger partial charge in [0.05, 0.1) is 5.69 Å². The van der Waals surface area contributed by atoms with Crippen LogP contribution in [0.25, 0.3) is 0 Å². The summed E-state index contributed by atoms with van der Waals surface area (Å²) in [5, 5.41) is 5.71. The fourth-order valence-electron chi connectivity index (χ4n) is 1.55. The molecular formula is C16H25FN2O2. The zero-order chi connectivity index (χ0) is 16.2. The molecule has 0 bridgehead atoms. The maximum atomic E-state index is 13.8. The SMILES string of the molecule is CC(C)C(C)Nc1ccc(F)c(NC(=O)OC(C)(C)C)c1. The quantitative estimate of drug-likeness (QED) is 0.851. The van der Waals surface area contributed by atoms with Crippen LogP contribution in [0.15, 0.2) is 18.2 Å². The van der Waals surface area contributed by atoms with Gasteiger partial charge in [-0.15, -0.1) is 0 Å². The highest BCUT2D eigenvalue weighted by molar-refractivity contribution is 5.85. The van der Waals surface area contributed by atoms with Crippen molar-refractivity contribution in [3.05, 3.63) is 24.0 Å². The fourth-order valence-corrected chi connectivity index (χ4v) is 1.55. The third-order valence-corrected chi connectivity index (χ3v) is 3.00. The van der Waals surface area contributed by atoms with Gasteiger partial charge in [-0.1, -0.05) is 13.8 Å². The van der Waals surface area contributed by atoms with Gasteiger partial charge in [0.1, 0.15) is 11.4 Å². The van der Waals surface area contributed by atoms with Crippen LogP contribution < -0.4 is 10.6 Å². The van der Waals surface area contributed by atoms with Crippen LogP contribution in [0.1, 0.15) is 41.5 Å². The average molecular weight is 296 g/mol. The highest BCUT2D eigenvalue weighted by atomic mass is 19.1. The molecule has 2 N–H and O–H groups in total. The van der Waals surface area contributed by atoms with Gasteiger partial charge in [-0.05, 0) is 51.8 Å². The number of halogens is 1. The lowest BCUT2D eigenvalue weighted by Crippen LogP contribution is -2.27. The first-order valence-corrected chi connectivity index (χ1v) is 7.14. The summed E-state index contributed by atoms with van der Waals surface area (Å²) in [5.74, 6) is -0.0547. The van der Waals surface area contributed by atoms with Crippen molar-refractivity contribution in [2.75, 3.05) is 10.6 Å². The lowest BCUT2D eigenvalue weighted by molar-refractivity contribution is 0.0635. The number of amides is 1. The number of ether oxygens (including phenoxy) is 1. The summed E-state index contributed by atoms with van der Waals surface area (Å²) in [6.45, 7) is 11.5. The van der Waals surface area contributed by atoms with Crippen molar-refractivity contribution in [3.63, 3.8) is 0 Å². The highest BCUT2D eigenvalue weighted by Gasteiger charge is 2.17. The Morgan fingerprint density at radius 3 is 2.38 bits per heavy atom. The Labute approximate surface area is 126 Å². The predicted molar refractivity (Wildman–Crippen MR) is 84.2 cm³/mol. The molecule has 1 rings (SSSR count). The van der Waals surface area contributed by atoms with Crippen LogP contribution >= 0.6 is 0 Å². The molecule has 0 fully saturated rings. The van der Waals surface area contributed by atoms with Gasteiger partial charge in [0.2, 0.25) is 0 Å². The van der Waals surface area contributed by atoms with Crippen LogP contribution in [-0.4, -0.2) is 17.7 Å². The largest absolute Gasteiger partial charge is 0.444 e. The van der Waals surface area contributed by atoms with Gasteiger partial charge in [-0.25, -0.2) is 9.18 Å². The summed E-state index contributed by atoms with van der Waals surface area (Å²) in [7, 11) is 0. The maximum Gasteiger partial charge on any atom is 0.412 e. The second-order valence-corrected chi connectivity index (χ2v) is 6.50. The van der Waals surface area contributed by atoms with E-state index in [4.69, 9.17) is 4.74 Å². The fraction of sp³-hybridized carbons (Fsp3) is 0.562. The molecule has 0 radical (unpaired) electrons. The van der Waals surface area contributed by atoms with Gasteiger partial charge in [0.25, 0.3) is 0 Å². The molecule has 0 saturated heterocycles. The van der Waals surface area contributed by atoms with E-state index in [-0.39, 0.29) is 11.7 Å². The Balaban J connectivity index is 2.80. The van der Waals surface area contributed by atoms with E-state index in [1.807, 2.05) is 0 Å². The van der Waals surface area contributed by atoms with Crippen LogP contribution in [-0.2, 0) is 4.74 Å². The van der Waals surface area contributed by atoms with Crippen molar-refractivity contribution in [2.45, 2.75) is 53.2 Å². The second kappa shape index (κ2) is 6.78. The molecule has 0 aliphatic carbocycles. The second-order valence-electron chi connectivity index (χ2n) is 6.50. The molecule has 1 amide bonds. The van der Waals surface area contributed by atoms with Crippen molar-refractivity contribution in [3.8, 4) is 0 Å². The third kappa shape index (κ3) is 6.02. The summed E-state index contributed by atoms with van der Waals surface area (Å²) in [5.41, 5.74) is 0.233. The summed E-state index contributed by atoms with van der Waals surface area (Å²) in [6, 6.07) is 4.78. The zero-order valence-electron chi connectivity index (χ0n) is 13.6. The van der Waals surface area contributed by atoms with Crippen LogP contribution in [0.2, 0.25) is 0 Å². The minimum absolute atomic E-state index is 0.102. The molecule has 0 heterocycles. The van der Waals surface area contributed by atoms with E-state index in [2.05, 4.69) is 31.4 Å². The number of rotatable bonds is 4. The van der Waals surface area contributed by atoms with Crippen molar-refractivity contribution in [2.24, 2.45) is 5.92 Å². The normalized spacial score (nSPS) is 13.0. The van der Waals surface area contributed by atoms with Gasteiger partial charge < -0.3 is 10.1 Å². The molecule has 1 unspecified atom stereocenters. The standard InChI is InChI=1S/C16H25FN2O2/c1-10(2)11(3)18-12-7-8-13(17)14(9-12)19-15(20)21-16(4,5)6/h7-11,18H,1-6H3,(H,19,20). The molecule has 4 nitrogen and oxygen atoms in total. The summed E-state index contributed by atoms with van der Waals surface area (Å²) in [4.78, 5) is 11.7. The number of hydrogen-bond acceptors (Lipinski definition) is 3. The monoisotopic (exact) mass is 296 g/mol. The maximum absolute atomic E-state index is 13.8. The first-order valence-electron chi connectivity index (χ1n) is 7.14. The van der Waals surface area contributed by atoms with Crippen molar-refractivity contribution in [1.29, 1.82) is 0 Å². The first-order chi connectivity index (χ1) is 9.58. The molecule has 0 aromatic heterocycles. The summed E-state index contributed by atoms with van der Waals surface area (Å²) in [6.07, 6.45) is -0.671. The molecule has 1 aromatic carbocycles. The zero-order valence-corrected chi connectivity index (χ0v) is 13.6. The third-order valence-electron chi connectivity index (χ3n) is 3.00. The number of carbonyl (C=O) groups is 1. The lowest BCUT2D eigenvalue weighted by Gasteiger charge is -2.21. The Morgan fingerprint density at radius 1 is 1.24 bits per heavy atom. The van der Waals surface area contributed by atoms with E-state index >= 15 is 0 Å². The van der Waals surface area contributed by atoms with Crippen molar-refractivity contribution >= 4 is 17.5 Å².